The van der Waals surface area contributed by atoms with Crippen LogP contribution in [0.15, 0.2) is 0 Å². The van der Waals surface area contributed by atoms with E-state index in [1.165, 1.54) is 0 Å². The first-order valence-corrected chi connectivity index (χ1v) is 5.74. The van der Waals surface area contributed by atoms with Crippen LogP contribution in [0.5, 0.6) is 0 Å². The highest BCUT2D eigenvalue weighted by molar-refractivity contribution is 7.15. The van der Waals surface area contributed by atoms with Crippen LogP contribution in [-0.2, 0) is 0 Å². The van der Waals surface area contributed by atoms with Crippen molar-refractivity contribution in [1.29, 1.82) is 0 Å². The van der Waals surface area contributed by atoms with Gasteiger partial charge in [-0.3, -0.25) is 0 Å². The number of rotatable bonds is 5. The number of nitrogens with zero attached hydrogens (tertiary/aromatic N) is 2. The molecule has 1 rings (SSSR count). The van der Waals surface area contributed by atoms with Crippen LogP contribution in [0.25, 0.3) is 0 Å². The van der Waals surface area contributed by atoms with Crippen molar-refractivity contribution in [1.82, 2.24) is 10.2 Å². The van der Waals surface area contributed by atoms with Crippen molar-refractivity contribution in [3.05, 3.63) is 5.01 Å². The van der Waals surface area contributed by atoms with Gasteiger partial charge in [-0.2, -0.15) is 0 Å². The maximum Gasteiger partial charge on any atom is 0.205 e. The minimum atomic E-state index is -0.125. The van der Waals surface area contributed by atoms with Crippen molar-refractivity contribution in [2.24, 2.45) is 5.73 Å². The Morgan fingerprint density at radius 2 is 2.00 bits per heavy atom. The minimum absolute atomic E-state index is 0.125. The predicted molar refractivity (Wildman–Crippen MR) is 60.6 cm³/mol. The average molecular weight is 214 g/mol. The zero-order chi connectivity index (χ0) is 10.6. The quantitative estimate of drug-likeness (QED) is 0.784. The number of hydrogen-bond donors (Lipinski definition) is 2. The molecule has 0 amide bonds. The summed E-state index contributed by atoms with van der Waals surface area (Å²) in [5.74, 6) is 0. The third-order valence-electron chi connectivity index (χ3n) is 2.53. The maximum atomic E-state index is 6.15. The number of nitrogens with two attached hydrogens (primary N) is 1. The maximum absolute atomic E-state index is 6.15. The number of nitrogens with one attached hydrogen (secondary N) is 1. The monoisotopic (exact) mass is 214 g/mol. The van der Waals surface area contributed by atoms with Gasteiger partial charge in [-0.15, -0.1) is 10.2 Å². The Hall–Kier alpha value is -0.680. The smallest absolute Gasteiger partial charge is 0.205 e. The summed E-state index contributed by atoms with van der Waals surface area (Å²) in [6.07, 6.45) is 1.93. The topological polar surface area (TPSA) is 63.8 Å². The zero-order valence-electron chi connectivity index (χ0n) is 9.00. The lowest BCUT2D eigenvalue weighted by molar-refractivity contribution is 0.418. The van der Waals surface area contributed by atoms with Crippen molar-refractivity contribution in [2.75, 3.05) is 11.9 Å². The number of aromatic nitrogens is 2. The molecule has 1 heterocycles. The van der Waals surface area contributed by atoms with Crippen LogP contribution in [0.2, 0.25) is 0 Å². The van der Waals surface area contributed by atoms with E-state index in [4.69, 9.17) is 5.73 Å². The van der Waals surface area contributed by atoms with Crippen molar-refractivity contribution in [2.45, 2.75) is 39.2 Å². The number of anilines is 1. The molecule has 0 aliphatic rings. The standard InChI is InChI=1S/C9H18N4S/c1-4-9(10,5-2)6-11-8-13-12-7(3)14-8/h4-6,10H2,1-3H3,(H,11,13). The first kappa shape index (κ1) is 11.4. The molecule has 1 aromatic rings. The molecule has 5 heteroatoms. The van der Waals surface area contributed by atoms with E-state index >= 15 is 0 Å². The highest BCUT2D eigenvalue weighted by Gasteiger charge is 2.20. The van der Waals surface area contributed by atoms with Crippen molar-refractivity contribution >= 4 is 16.5 Å². The van der Waals surface area contributed by atoms with Gasteiger partial charge in [0, 0.05) is 12.1 Å². The third kappa shape index (κ3) is 2.92. The molecule has 0 bridgehead atoms. The molecule has 80 valence electrons. The van der Waals surface area contributed by atoms with Crippen LogP contribution >= 0.6 is 11.3 Å². The first-order chi connectivity index (χ1) is 6.59. The summed E-state index contributed by atoms with van der Waals surface area (Å²) in [7, 11) is 0. The molecule has 14 heavy (non-hydrogen) atoms. The summed E-state index contributed by atoms with van der Waals surface area (Å²) in [4.78, 5) is 0. The Morgan fingerprint density at radius 3 is 2.43 bits per heavy atom. The zero-order valence-corrected chi connectivity index (χ0v) is 9.82. The molecule has 1 aromatic heterocycles. The summed E-state index contributed by atoms with van der Waals surface area (Å²) < 4.78 is 0. The molecule has 4 nitrogen and oxygen atoms in total. The Bertz CT molecular complexity index is 280. The van der Waals surface area contributed by atoms with Crippen molar-refractivity contribution in [3.8, 4) is 0 Å². The lowest BCUT2D eigenvalue weighted by atomic mass is 9.94. The molecule has 0 atom stereocenters. The van der Waals surface area contributed by atoms with Gasteiger partial charge >= 0.3 is 0 Å². The van der Waals surface area contributed by atoms with E-state index in [1.807, 2.05) is 6.92 Å². The van der Waals surface area contributed by atoms with Crippen molar-refractivity contribution in [3.63, 3.8) is 0 Å². The third-order valence-corrected chi connectivity index (χ3v) is 3.32. The van der Waals surface area contributed by atoms with Gasteiger partial charge in [0.15, 0.2) is 0 Å². The normalized spacial score (nSPS) is 11.7. The lowest BCUT2D eigenvalue weighted by Crippen LogP contribution is -2.45. The van der Waals surface area contributed by atoms with E-state index in [0.29, 0.717) is 0 Å². The summed E-state index contributed by atoms with van der Waals surface area (Å²) in [5.41, 5.74) is 6.02. The van der Waals surface area contributed by atoms with Gasteiger partial charge in [-0.25, -0.2) is 0 Å². The van der Waals surface area contributed by atoms with Gasteiger partial charge in [0.1, 0.15) is 5.01 Å². The lowest BCUT2D eigenvalue weighted by Gasteiger charge is -2.26. The second kappa shape index (κ2) is 4.70. The van der Waals surface area contributed by atoms with Crippen LogP contribution < -0.4 is 11.1 Å². The fourth-order valence-electron chi connectivity index (χ4n) is 1.12. The van der Waals surface area contributed by atoms with Crippen LogP contribution in [0.1, 0.15) is 31.7 Å². The Labute approximate surface area is 88.9 Å². The fourth-order valence-corrected chi connectivity index (χ4v) is 1.71. The summed E-state index contributed by atoms with van der Waals surface area (Å²) >= 11 is 1.56. The van der Waals surface area contributed by atoms with Crippen LogP contribution in [0.4, 0.5) is 5.13 Å². The van der Waals surface area contributed by atoms with E-state index in [0.717, 1.165) is 29.5 Å². The van der Waals surface area contributed by atoms with E-state index < -0.39 is 0 Å². The highest BCUT2D eigenvalue weighted by atomic mass is 32.1. The molecule has 0 spiro atoms. The van der Waals surface area contributed by atoms with Crippen LogP contribution in [0, 0.1) is 6.92 Å². The van der Waals surface area contributed by atoms with Gasteiger partial charge in [-0.1, -0.05) is 25.2 Å². The largest absolute Gasteiger partial charge is 0.358 e. The van der Waals surface area contributed by atoms with E-state index in [1.54, 1.807) is 11.3 Å². The van der Waals surface area contributed by atoms with Gasteiger partial charge < -0.3 is 11.1 Å². The Kier molecular flexibility index (Phi) is 3.83. The molecular weight excluding hydrogens is 196 g/mol. The fraction of sp³-hybridized carbons (Fsp3) is 0.778. The Morgan fingerprint density at radius 1 is 1.36 bits per heavy atom. The van der Waals surface area contributed by atoms with Gasteiger partial charge in [-0.05, 0) is 19.8 Å². The first-order valence-electron chi connectivity index (χ1n) is 4.92. The summed E-state index contributed by atoms with van der Waals surface area (Å²) in [6.45, 7) is 6.92. The molecule has 0 radical (unpaired) electrons. The second-order valence-corrected chi connectivity index (χ2v) is 4.73. The molecule has 0 saturated carbocycles. The van der Waals surface area contributed by atoms with Crippen LogP contribution in [0.3, 0.4) is 0 Å². The molecule has 3 N–H and O–H groups in total. The van der Waals surface area contributed by atoms with Gasteiger partial charge in [0.05, 0.1) is 0 Å². The van der Waals surface area contributed by atoms with E-state index in [9.17, 15) is 0 Å². The van der Waals surface area contributed by atoms with E-state index in [2.05, 4.69) is 29.4 Å². The summed E-state index contributed by atoms with van der Waals surface area (Å²) in [6, 6.07) is 0. The second-order valence-electron chi connectivity index (χ2n) is 3.55. The molecule has 0 saturated heterocycles. The molecule has 0 unspecified atom stereocenters. The van der Waals surface area contributed by atoms with Crippen LogP contribution in [-0.4, -0.2) is 22.3 Å². The predicted octanol–water partition coefficient (Wildman–Crippen LogP) is 1.78. The van der Waals surface area contributed by atoms with Crippen molar-refractivity contribution < 1.29 is 0 Å². The summed E-state index contributed by atoms with van der Waals surface area (Å²) in [5, 5.41) is 13.0. The molecule has 0 aliphatic heterocycles. The molecule has 0 aliphatic carbocycles. The molecule has 0 fully saturated rings. The number of hydrogen-bond acceptors (Lipinski definition) is 5. The highest BCUT2D eigenvalue weighted by Crippen LogP contribution is 2.17. The SMILES string of the molecule is CCC(N)(CC)CNc1nnc(C)s1. The Balaban J connectivity index is 2.47. The molecule has 0 aromatic carbocycles. The number of aryl methyl sites for hydroxylation is 1. The van der Waals surface area contributed by atoms with E-state index in [-0.39, 0.29) is 5.54 Å². The van der Waals surface area contributed by atoms with Gasteiger partial charge in [0.25, 0.3) is 0 Å². The average Bonchev–Trinajstić information content (AvgIpc) is 2.61. The van der Waals surface area contributed by atoms with Gasteiger partial charge in [0.2, 0.25) is 5.13 Å². The minimum Gasteiger partial charge on any atom is -0.358 e. The molecular formula is C9H18N4S.